The molecule has 0 spiro atoms. The molecule has 2 aromatic carbocycles. The summed E-state index contributed by atoms with van der Waals surface area (Å²) >= 11 is 0. The zero-order chi connectivity index (χ0) is 24.7. The molecule has 0 unspecified atom stereocenters. The Kier molecular flexibility index (Phi) is 7.99. The van der Waals surface area contributed by atoms with Crippen LogP contribution in [0.2, 0.25) is 0 Å². The number of benzene rings is 2. The Labute approximate surface area is 196 Å². The molecule has 0 aliphatic carbocycles. The Morgan fingerprint density at radius 3 is 2.24 bits per heavy atom. The van der Waals surface area contributed by atoms with Gasteiger partial charge in [0.2, 0.25) is 11.8 Å². The van der Waals surface area contributed by atoms with Gasteiger partial charge in [0.05, 0.1) is 19.6 Å². The Hall–Kier alpha value is -4.18. The molecule has 0 bridgehead atoms. The number of H-pyrrole nitrogens is 1. The number of amides is 2. The number of hydrogen-bond donors (Lipinski definition) is 3. The molecule has 178 valence electrons. The number of likely N-dealkylation sites (N-methyl/N-ethyl adjacent to an activating group) is 2. The molecular weight excluding hydrogens is 436 g/mol. The molecule has 10 heteroatoms. The minimum Gasteiger partial charge on any atom is -0.383 e. The van der Waals surface area contributed by atoms with Gasteiger partial charge in [-0.25, -0.2) is 4.79 Å². The molecule has 0 atom stereocenters. The lowest BCUT2D eigenvalue weighted by molar-refractivity contribution is -0.121. The molecule has 10 nitrogen and oxygen atoms in total. The first-order valence-corrected chi connectivity index (χ1v) is 10.8. The van der Waals surface area contributed by atoms with Crippen LogP contribution in [0.15, 0.2) is 70.3 Å². The maximum atomic E-state index is 13.0. The SMILES string of the molecule is CCN(C(=O)CN(C)CC(=O)Nc1ccccc1)c1c(N)n(Cc2ccccc2)c(=O)[nH]c1=O. The minimum absolute atomic E-state index is 0.0302. The summed E-state index contributed by atoms with van der Waals surface area (Å²) in [5, 5.41) is 2.76. The highest BCUT2D eigenvalue weighted by atomic mass is 16.2. The quantitative estimate of drug-likeness (QED) is 0.434. The predicted molar refractivity (Wildman–Crippen MR) is 132 cm³/mol. The van der Waals surface area contributed by atoms with E-state index in [9.17, 15) is 19.2 Å². The highest BCUT2D eigenvalue weighted by Gasteiger charge is 2.24. The predicted octanol–water partition coefficient (Wildman–Crippen LogP) is 1.09. The van der Waals surface area contributed by atoms with Gasteiger partial charge in [0.1, 0.15) is 5.82 Å². The third-order valence-corrected chi connectivity index (χ3v) is 5.16. The van der Waals surface area contributed by atoms with Gasteiger partial charge in [-0.15, -0.1) is 0 Å². The van der Waals surface area contributed by atoms with Gasteiger partial charge in [0, 0.05) is 12.2 Å². The lowest BCUT2D eigenvalue weighted by atomic mass is 10.2. The minimum atomic E-state index is -0.744. The molecule has 1 aromatic heterocycles. The molecule has 0 radical (unpaired) electrons. The van der Waals surface area contributed by atoms with E-state index < -0.39 is 17.2 Å². The largest absolute Gasteiger partial charge is 0.383 e. The van der Waals surface area contributed by atoms with Crippen molar-refractivity contribution in [2.45, 2.75) is 13.5 Å². The van der Waals surface area contributed by atoms with Crippen molar-refractivity contribution in [2.24, 2.45) is 0 Å². The lowest BCUT2D eigenvalue weighted by Gasteiger charge is -2.25. The van der Waals surface area contributed by atoms with E-state index in [4.69, 9.17) is 5.73 Å². The topological polar surface area (TPSA) is 134 Å². The molecule has 34 heavy (non-hydrogen) atoms. The number of aromatic nitrogens is 2. The Balaban J connectivity index is 1.76. The number of nitrogens with zero attached hydrogens (tertiary/aromatic N) is 3. The summed E-state index contributed by atoms with van der Waals surface area (Å²) in [4.78, 5) is 55.4. The number of nitrogen functional groups attached to an aromatic ring is 1. The van der Waals surface area contributed by atoms with E-state index >= 15 is 0 Å². The Morgan fingerprint density at radius 1 is 1.00 bits per heavy atom. The highest BCUT2D eigenvalue weighted by Crippen LogP contribution is 2.18. The second kappa shape index (κ2) is 11.1. The molecule has 3 rings (SSSR count). The molecule has 1 heterocycles. The summed E-state index contributed by atoms with van der Waals surface area (Å²) in [5.74, 6) is -0.810. The van der Waals surface area contributed by atoms with Crippen LogP contribution in [0, 0.1) is 0 Å². The maximum Gasteiger partial charge on any atom is 0.330 e. The van der Waals surface area contributed by atoms with Crippen LogP contribution in [0.4, 0.5) is 17.2 Å². The average Bonchev–Trinajstić information content (AvgIpc) is 2.80. The third kappa shape index (κ3) is 5.99. The fourth-order valence-electron chi connectivity index (χ4n) is 3.56. The lowest BCUT2D eigenvalue weighted by Crippen LogP contribution is -2.45. The van der Waals surface area contributed by atoms with E-state index in [1.165, 1.54) is 14.4 Å². The van der Waals surface area contributed by atoms with Crippen LogP contribution < -0.4 is 27.2 Å². The van der Waals surface area contributed by atoms with Gasteiger partial charge in [-0.3, -0.25) is 28.8 Å². The second-order valence-electron chi connectivity index (χ2n) is 7.79. The molecule has 4 N–H and O–H groups in total. The zero-order valence-electron chi connectivity index (χ0n) is 19.2. The number of carbonyl (C=O) groups is 2. The van der Waals surface area contributed by atoms with Crippen LogP contribution in [-0.2, 0) is 16.1 Å². The first-order chi connectivity index (χ1) is 16.3. The van der Waals surface area contributed by atoms with Crippen LogP contribution in [0.5, 0.6) is 0 Å². The fraction of sp³-hybridized carbons (Fsp3) is 0.250. The number of anilines is 3. The summed E-state index contributed by atoms with van der Waals surface area (Å²) in [7, 11) is 1.63. The van der Waals surface area contributed by atoms with Crippen LogP contribution in [-0.4, -0.2) is 52.9 Å². The van der Waals surface area contributed by atoms with Gasteiger partial charge in [0.25, 0.3) is 5.56 Å². The molecule has 3 aromatic rings. The molecule has 0 aliphatic heterocycles. The summed E-state index contributed by atoms with van der Waals surface area (Å²) in [5.41, 5.74) is 6.19. The van der Waals surface area contributed by atoms with Crippen LogP contribution in [0.25, 0.3) is 0 Å². The van der Waals surface area contributed by atoms with Gasteiger partial charge in [-0.05, 0) is 31.7 Å². The van der Waals surface area contributed by atoms with Crippen molar-refractivity contribution in [3.05, 3.63) is 87.1 Å². The van der Waals surface area contributed by atoms with E-state index in [1.54, 1.807) is 38.2 Å². The monoisotopic (exact) mass is 464 g/mol. The fourth-order valence-corrected chi connectivity index (χ4v) is 3.56. The summed E-state index contributed by atoms with van der Waals surface area (Å²) in [6.45, 7) is 1.83. The first-order valence-electron chi connectivity index (χ1n) is 10.8. The van der Waals surface area contributed by atoms with E-state index in [2.05, 4.69) is 10.3 Å². The second-order valence-corrected chi connectivity index (χ2v) is 7.79. The van der Waals surface area contributed by atoms with Crippen molar-refractivity contribution >= 4 is 29.0 Å². The number of aromatic amines is 1. The molecule has 0 saturated heterocycles. The highest BCUT2D eigenvalue weighted by molar-refractivity contribution is 5.97. The van der Waals surface area contributed by atoms with Gasteiger partial charge in [-0.1, -0.05) is 48.5 Å². The van der Waals surface area contributed by atoms with E-state index in [1.807, 2.05) is 36.4 Å². The van der Waals surface area contributed by atoms with E-state index in [-0.39, 0.29) is 43.6 Å². The van der Waals surface area contributed by atoms with Gasteiger partial charge in [-0.2, -0.15) is 0 Å². The van der Waals surface area contributed by atoms with Crippen LogP contribution >= 0.6 is 0 Å². The van der Waals surface area contributed by atoms with Crippen molar-refractivity contribution < 1.29 is 9.59 Å². The summed E-state index contributed by atoms with van der Waals surface area (Å²) < 4.78 is 1.22. The Bertz CT molecular complexity index is 1250. The smallest absolute Gasteiger partial charge is 0.330 e. The van der Waals surface area contributed by atoms with Crippen molar-refractivity contribution in [3.8, 4) is 0 Å². The number of hydrogen-bond acceptors (Lipinski definition) is 6. The number of rotatable bonds is 9. The Morgan fingerprint density at radius 2 is 1.62 bits per heavy atom. The maximum absolute atomic E-state index is 13.0. The van der Waals surface area contributed by atoms with E-state index in [0.717, 1.165) is 5.56 Å². The van der Waals surface area contributed by atoms with E-state index in [0.29, 0.717) is 5.69 Å². The first kappa shape index (κ1) is 24.5. The number of carbonyl (C=O) groups excluding carboxylic acids is 2. The third-order valence-electron chi connectivity index (χ3n) is 5.16. The van der Waals surface area contributed by atoms with Crippen LogP contribution in [0.1, 0.15) is 12.5 Å². The van der Waals surface area contributed by atoms with Crippen molar-refractivity contribution in [2.75, 3.05) is 42.6 Å². The molecule has 0 fully saturated rings. The molecule has 0 aliphatic rings. The van der Waals surface area contributed by atoms with Crippen molar-refractivity contribution in [1.29, 1.82) is 0 Å². The molecule has 0 saturated carbocycles. The number of nitrogens with one attached hydrogen (secondary N) is 2. The zero-order valence-corrected chi connectivity index (χ0v) is 19.2. The van der Waals surface area contributed by atoms with Crippen molar-refractivity contribution in [3.63, 3.8) is 0 Å². The van der Waals surface area contributed by atoms with Gasteiger partial charge < -0.3 is 16.0 Å². The summed E-state index contributed by atoms with van der Waals surface area (Å²) in [6.07, 6.45) is 0. The van der Waals surface area contributed by atoms with Crippen molar-refractivity contribution in [1.82, 2.24) is 14.5 Å². The van der Waals surface area contributed by atoms with Gasteiger partial charge in [0.15, 0.2) is 5.69 Å². The van der Waals surface area contributed by atoms with Gasteiger partial charge >= 0.3 is 5.69 Å². The number of nitrogens with two attached hydrogens (primary N) is 1. The standard InChI is InChI=1S/C24H28N6O4/c1-3-29(20(32)16-28(2)15-19(31)26-18-12-8-5-9-13-18)21-22(25)30(24(34)27-23(21)33)14-17-10-6-4-7-11-17/h4-13H,3,14-16,25H2,1-2H3,(H,26,31)(H,27,33,34). The molecular formula is C24H28N6O4. The summed E-state index contributed by atoms with van der Waals surface area (Å²) in [6, 6.07) is 18.1. The van der Waals surface area contributed by atoms with Crippen LogP contribution in [0.3, 0.4) is 0 Å². The normalized spacial score (nSPS) is 10.8. The average molecular weight is 465 g/mol. The number of para-hydroxylation sites is 1. The molecule has 2 amide bonds.